The standard InChI is InChI=1S/C21H26F2O2/c1-4-5-6-7-8-21(2,3)15-11-18(24)20(19(25)12-15)14-9-16(22)13-17(23)10-14/h9-13,24-25H,4-8H2,1-3H3. The summed E-state index contributed by atoms with van der Waals surface area (Å²) in [5.41, 5.74) is 0.748. The zero-order valence-electron chi connectivity index (χ0n) is 15.1. The van der Waals surface area contributed by atoms with Crippen LogP contribution in [0.4, 0.5) is 8.78 Å². The maximum Gasteiger partial charge on any atom is 0.127 e. The zero-order valence-corrected chi connectivity index (χ0v) is 15.1. The molecule has 2 nitrogen and oxygen atoms in total. The fraction of sp³-hybridized carbons (Fsp3) is 0.429. The van der Waals surface area contributed by atoms with Gasteiger partial charge in [0.2, 0.25) is 0 Å². The van der Waals surface area contributed by atoms with Crippen molar-refractivity contribution in [2.24, 2.45) is 0 Å². The molecule has 4 heteroatoms. The number of phenols is 2. The van der Waals surface area contributed by atoms with Crippen molar-refractivity contribution in [1.82, 2.24) is 0 Å². The highest BCUT2D eigenvalue weighted by Gasteiger charge is 2.24. The van der Waals surface area contributed by atoms with Gasteiger partial charge in [0, 0.05) is 6.07 Å². The second kappa shape index (κ2) is 7.85. The van der Waals surface area contributed by atoms with Crippen LogP contribution in [-0.4, -0.2) is 10.2 Å². The summed E-state index contributed by atoms with van der Waals surface area (Å²) >= 11 is 0. The fourth-order valence-electron chi connectivity index (χ4n) is 3.13. The Morgan fingerprint density at radius 1 is 0.840 bits per heavy atom. The molecule has 0 heterocycles. The van der Waals surface area contributed by atoms with Crippen LogP contribution in [0.1, 0.15) is 58.4 Å². The Morgan fingerprint density at radius 3 is 1.92 bits per heavy atom. The first-order valence-electron chi connectivity index (χ1n) is 8.77. The predicted molar refractivity (Wildman–Crippen MR) is 96.9 cm³/mol. The van der Waals surface area contributed by atoms with Crippen LogP contribution in [0.15, 0.2) is 30.3 Å². The summed E-state index contributed by atoms with van der Waals surface area (Å²) in [5.74, 6) is -1.87. The maximum atomic E-state index is 13.4. The van der Waals surface area contributed by atoms with Crippen molar-refractivity contribution in [3.8, 4) is 22.6 Å². The molecule has 2 aromatic rings. The van der Waals surface area contributed by atoms with Crippen molar-refractivity contribution >= 4 is 0 Å². The third-order valence-electron chi connectivity index (χ3n) is 4.68. The molecule has 0 aromatic heterocycles. The lowest BCUT2D eigenvalue weighted by Crippen LogP contribution is -2.17. The van der Waals surface area contributed by atoms with Crippen LogP contribution in [0.3, 0.4) is 0 Å². The third-order valence-corrected chi connectivity index (χ3v) is 4.68. The van der Waals surface area contributed by atoms with E-state index in [-0.39, 0.29) is 28.0 Å². The number of rotatable bonds is 7. The molecule has 0 amide bonds. The lowest BCUT2D eigenvalue weighted by Gasteiger charge is -2.26. The van der Waals surface area contributed by atoms with Gasteiger partial charge in [0.25, 0.3) is 0 Å². The van der Waals surface area contributed by atoms with E-state index in [4.69, 9.17) is 0 Å². The minimum absolute atomic E-state index is 0.0453. The van der Waals surface area contributed by atoms with E-state index in [1.165, 1.54) is 12.8 Å². The molecule has 136 valence electrons. The summed E-state index contributed by atoms with van der Waals surface area (Å²) in [7, 11) is 0. The van der Waals surface area contributed by atoms with Gasteiger partial charge in [-0.25, -0.2) is 8.78 Å². The van der Waals surface area contributed by atoms with Gasteiger partial charge in [-0.2, -0.15) is 0 Å². The highest BCUT2D eigenvalue weighted by atomic mass is 19.1. The molecule has 0 aliphatic carbocycles. The monoisotopic (exact) mass is 348 g/mol. The summed E-state index contributed by atoms with van der Waals surface area (Å²) in [6, 6.07) is 6.10. The molecule has 0 bridgehead atoms. The summed E-state index contributed by atoms with van der Waals surface area (Å²) in [6.45, 7) is 6.29. The molecular weight excluding hydrogens is 322 g/mol. The van der Waals surface area contributed by atoms with E-state index in [0.717, 1.165) is 43.0 Å². The molecule has 0 aliphatic heterocycles. The van der Waals surface area contributed by atoms with Crippen molar-refractivity contribution in [2.45, 2.75) is 58.3 Å². The van der Waals surface area contributed by atoms with Crippen LogP contribution in [0.25, 0.3) is 11.1 Å². The summed E-state index contributed by atoms with van der Waals surface area (Å²) < 4.78 is 26.9. The molecule has 0 radical (unpaired) electrons. The average molecular weight is 348 g/mol. The minimum atomic E-state index is -0.755. The Balaban J connectivity index is 2.33. The maximum absolute atomic E-state index is 13.4. The largest absolute Gasteiger partial charge is 0.507 e. The van der Waals surface area contributed by atoms with Gasteiger partial charge in [0.05, 0.1) is 5.56 Å². The Hall–Kier alpha value is -2.10. The first kappa shape index (κ1) is 19.2. The Bertz CT molecular complexity index is 695. The van der Waals surface area contributed by atoms with Crippen molar-refractivity contribution < 1.29 is 19.0 Å². The number of halogens is 2. The second-order valence-corrected chi connectivity index (χ2v) is 7.24. The number of aromatic hydroxyl groups is 2. The van der Waals surface area contributed by atoms with E-state index in [0.29, 0.717) is 0 Å². The molecular formula is C21H26F2O2. The molecule has 2 N–H and O–H groups in total. The van der Waals surface area contributed by atoms with E-state index in [9.17, 15) is 19.0 Å². The van der Waals surface area contributed by atoms with Crippen LogP contribution in [0.5, 0.6) is 11.5 Å². The Morgan fingerprint density at radius 2 is 1.40 bits per heavy atom. The zero-order chi connectivity index (χ0) is 18.6. The van der Waals surface area contributed by atoms with Gasteiger partial charge in [0.1, 0.15) is 23.1 Å². The van der Waals surface area contributed by atoms with Crippen molar-refractivity contribution in [2.75, 3.05) is 0 Å². The molecule has 0 fully saturated rings. The van der Waals surface area contributed by atoms with Crippen LogP contribution in [0, 0.1) is 11.6 Å². The molecule has 0 atom stereocenters. The third kappa shape index (κ3) is 4.71. The Kier molecular flexibility index (Phi) is 6.04. The number of hydrogen-bond acceptors (Lipinski definition) is 2. The van der Waals surface area contributed by atoms with Crippen molar-refractivity contribution in [1.29, 1.82) is 0 Å². The summed E-state index contributed by atoms with van der Waals surface area (Å²) in [6.07, 6.45) is 5.51. The van der Waals surface area contributed by atoms with E-state index in [1.54, 1.807) is 12.1 Å². The van der Waals surface area contributed by atoms with Gasteiger partial charge in [-0.05, 0) is 47.2 Å². The lowest BCUT2D eigenvalue weighted by atomic mass is 9.79. The average Bonchev–Trinajstić information content (AvgIpc) is 2.50. The first-order valence-corrected chi connectivity index (χ1v) is 8.77. The van der Waals surface area contributed by atoms with Gasteiger partial charge in [-0.15, -0.1) is 0 Å². The molecule has 0 saturated carbocycles. The minimum Gasteiger partial charge on any atom is -0.507 e. The first-order chi connectivity index (χ1) is 11.7. The molecule has 0 saturated heterocycles. The smallest absolute Gasteiger partial charge is 0.127 e. The highest BCUT2D eigenvalue weighted by Crippen LogP contribution is 2.42. The van der Waals surface area contributed by atoms with Crippen LogP contribution < -0.4 is 0 Å². The van der Waals surface area contributed by atoms with Gasteiger partial charge >= 0.3 is 0 Å². The van der Waals surface area contributed by atoms with Gasteiger partial charge in [0.15, 0.2) is 0 Å². The van der Waals surface area contributed by atoms with Crippen molar-refractivity contribution in [3.05, 3.63) is 47.5 Å². The van der Waals surface area contributed by atoms with Crippen LogP contribution >= 0.6 is 0 Å². The van der Waals surface area contributed by atoms with E-state index in [2.05, 4.69) is 20.8 Å². The van der Waals surface area contributed by atoms with E-state index in [1.807, 2.05) is 0 Å². The van der Waals surface area contributed by atoms with Crippen LogP contribution in [-0.2, 0) is 5.41 Å². The lowest BCUT2D eigenvalue weighted by molar-refractivity contribution is 0.425. The molecule has 25 heavy (non-hydrogen) atoms. The number of phenolic OH excluding ortho intramolecular Hbond substituents is 2. The molecule has 0 aliphatic rings. The summed E-state index contributed by atoms with van der Waals surface area (Å²) in [4.78, 5) is 0. The molecule has 0 unspecified atom stereocenters. The molecule has 2 aromatic carbocycles. The van der Waals surface area contributed by atoms with Gasteiger partial charge < -0.3 is 10.2 Å². The van der Waals surface area contributed by atoms with E-state index < -0.39 is 11.6 Å². The quantitative estimate of drug-likeness (QED) is 0.577. The second-order valence-electron chi connectivity index (χ2n) is 7.24. The van der Waals surface area contributed by atoms with Gasteiger partial charge in [-0.1, -0.05) is 46.5 Å². The SMILES string of the molecule is CCCCCCC(C)(C)c1cc(O)c(-c2cc(F)cc(F)c2)c(O)c1. The predicted octanol–water partition coefficient (Wildman–Crippen LogP) is 6.29. The number of unbranched alkanes of at least 4 members (excludes halogenated alkanes) is 3. The number of benzene rings is 2. The van der Waals surface area contributed by atoms with Crippen molar-refractivity contribution in [3.63, 3.8) is 0 Å². The normalized spacial score (nSPS) is 11.7. The molecule has 0 spiro atoms. The van der Waals surface area contributed by atoms with E-state index >= 15 is 0 Å². The molecule has 2 rings (SSSR count). The van der Waals surface area contributed by atoms with Crippen LogP contribution in [0.2, 0.25) is 0 Å². The topological polar surface area (TPSA) is 40.5 Å². The summed E-state index contributed by atoms with van der Waals surface area (Å²) in [5, 5.41) is 20.8. The highest BCUT2D eigenvalue weighted by molar-refractivity contribution is 5.77. The number of hydrogen-bond donors (Lipinski definition) is 2. The Labute approximate surface area is 148 Å². The van der Waals surface area contributed by atoms with Gasteiger partial charge in [-0.3, -0.25) is 0 Å². The fourth-order valence-corrected chi connectivity index (χ4v) is 3.13.